The molecule has 1 heterocycles. The predicted molar refractivity (Wildman–Crippen MR) is 79.8 cm³/mol. The molecule has 5 heteroatoms. The second-order valence-electron chi connectivity index (χ2n) is 4.43. The zero-order valence-electron chi connectivity index (χ0n) is 12.1. The van der Waals surface area contributed by atoms with Crippen LogP contribution in [0.2, 0.25) is 0 Å². The van der Waals surface area contributed by atoms with E-state index in [1.54, 1.807) is 38.6 Å². The average molecular weight is 286 g/mol. The highest BCUT2D eigenvalue weighted by Crippen LogP contribution is 2.22. The van der Waals surface area contributed by atoms with Crippen LogP contribution in [0, 0.1) is 0 Å². The molecule has 0 saturated carbocycles. The lowest BCUT2D eigenvalue weighted by Gasteiger charge is -2.09. The van der Waals surface area contributed by atoms with Gasteiger partial charge in [-0.25, -0.2) is 0 Å². The lowest BCUT2D eigenvalue weighted by molar-refractivity contribution is 0.0953. The number of pyridine rings is 1. The van der Waals surface area contributed by atoms with Gasteiger partial charge in [-0.2, -0.15) is 0 Å². The fraction of sp³-hybridized carbons (Fsp3) is 0.250. The van der Waals surface area contributed by atoms with E-state index in [1.807, 2.05) is 18.2 Å². The van der Waals surface area contributed by atoms with Crippen molar-refractivity contribution in [2.24, 2.45) is 0 Å². The highest BCUT2D eigenvalue weighted by atomic mass is 16.5. The minimum atomic E-state index is -0.164. The van der Waals surface area contributed by atoms with Gasteiger partial charge >= 0.3 is 0 Å². The van der Waals surface area contributed by atoms with Gasteiger partial charge in [0.1, 0.15) is 11.5 Å². The van der Waals surface area contributed by atoms with Crippen molar-refractivity contribution in [3.8, 4) is 11.5 Å². The van der Waals surface area contributed by atoms with Crippen molar-refractivity contribution in [1.29, 1.82) is 0 Å². The molecule has 1 N–H and O–H groups in total. The van der Waals surface area contributed by atoms with Crippen molar-refractivity contribution in [2.45, 2.75) is 6.42 Å². The first kappa shape index (κ1) is 14.8. The Balaban J connectivity index is 1.97. The van der Waals surface area contributed by atoms with Crippen molar-refractivity contribution in [3.63, 3.8) is 0 Å². The summed E-state index contributed by atoms with van der Waals surface area (Å²) < 4.78 is 10.3. The Labute approximate surface area is 123 Å². The quantitative estimate of drug-likeness (QED) is 0.883. The monoisotopic (exact) mass is 286 g/mol. The Morgan fingerprint density at radius 2 is 1.86 bits per heavy atom. The molecule has 0 unspecified atom stereocenters. The first-order chi connectivity index (χ1) is 10.2. The molecule has 0 fully saturated rings. The molecule has 0 aliphatic carbocycles. The fourth-order valence-electron chi connectivity index (χ4n) is 1.89. The average Bonchev–Trinajstić information content (AvgIpc) is 2.55. The summed E-state index contributed by atoms with van der Waals surface area (Å²) in [6.07, 6.45) is 2.43. The Morgan fingerprint density at radius 1 is 1.14 bits per heavy atom. The number of methoxy groups -OCH3 is 2. The predicted octanol–water partition coefficient (Wildman–Crippen LogP) is 2.07. The van der Waals surface area contributed by atoms with Crippen LogP contribution < -0.4 is 14.8 Å². The van der Waals surface area contributed by atoms with E-state index < -0.39 is 0 Å². The molecule has 110 valence electrons. The summed E-state index contributed by atoms with van der Waals surface area (Å²) in [5.41, 5.74) is 1.45. The second kappa shape index (κ2) is 7.28. The molecule has 0 atom stereocenters. The van der Waals surface area contributed by atoms with E-state index in [0.29, 0.717) is 30.0 Å². The van der Waals surface area contributed by atoms with Gasteiger partial charge in [-0.05, 0) is 24.3 Å². The molecule has 0 aliphatic rings. The Morgan fingerprint density at radius 3 is 2.43 bits per heavy atom. The van der Waals surface area contributed by atoms with E-state index in [2.05, 4.69) is 10.3 Å². The van der Waals surface area contributed by atoms with Crippen LogP contribution in [0.15, 0.2) is 42.6 Å². The normalized spacial score (nSPS) is 10.0. The zero-order valence-corrected chi connectivity index (χ0v) is 12.1. The number of hydrogen-bond donors (Lipinski definition) is 1. The molecule has 2 aromatic rings. The van der Waals surface area contributed by atoms with Gasteiger partial charge in [-0.15, -0.1) is 0 Å². The fourth-order valence-corrected chi connectivity index (χ4v) is 1.89. The van der Waals surface area contributed by atoms with Crippen LogP contribution in [0.5, 0.6) is 11.5 Å². The number of rotatable bonds is 6. The molecule has 1 aromatic carbocycles. The molecule has 0 bridgehead atoms. The van der Waals surface area contributed by atoms with Crippen molar-refractivity contribution in [2.75, 3.05) is 20.8 Å². The molecule has 1 amide bonds. The standard InChI is InChI=1S/C16H18N2O3/c1-20-14-9-12(10-15(11-14)21-2)16(19)18-8-6-13-5-3-4-7-17-13/h3-5,7,9-11H,6,8H2,1-2H3,(H,18,19). The minimum Gasteiger partial charge on any atom is -0.497 e. The SMILES string of the molecule is COc1cc(OC)cc(C(=O)NCCc2ccccn2)c1. The van der Waals surface area contributed by atoms with Crippen LogP contribution in [-0.4, -0.2) is 31.7 Å². The van der Waals surface area contributed by atoms with Crippen LogP contribution in [0.25, 0.3) is 0 Å². The van der Waals surface area contributed by atoms with Crippen molar-refractivity contribution >= 4 is 5.91 Å². The summed E-state index contributed by atoms with van der Waals surface area (Å²) in [6.45, 7) is 0.523. The van der Waals surface area contributed by atoms with E-state index in [4.69, 9.17) is 9.47 Å². The van der Waals surface area contributed by atoms with Crippen LogP contribution in [0.1, 0.15) is 16.1 Å². The van der Waals surface area contributed by atoms with Crippen LogP contribution in [-0.2, 0) is 6.42 Å². The number of aromatic nitrogens is 1. The molecule has 0 radical (unpaired) electrons. The largest absolute Gasteiger partial charge is 0.497 e. The maximum Gasteiger partial charge on any atom is 0.251 e. The lowest BCUT2D eigenvalue weighted by Crippen LogP contribution is -2.25. The summed E-state index contributed by atoms with van der Waals surface area (Å²) >= 11 is 0. The van der Waals surface area contributed by atoms with E-state index in [1.165, 1.54) is 0 Å². The Kier molecular flexibility index (Phi) is 5.15. The van der Waals surface area contributed by atoms with Crippen LogP contribution in [0.3, 0.4) is 0 Å². The van der Waals surface area contributed by atoms with Crippen molar-refractivity contribution in [1.82, 2.24) is 10.3 Å². The Hall–Kier alpha value is -2.56. The summed E-state index contributed by atoms with van der Waals surface area (Å²) in [5, 5.41) is 2.86. The third kappa shape index (κ3) is 4.21. The Bertz CT molecular complexity index is 577. The van der Waals surface area contributed by atoms with E-state index in [0.717, 1.165) is 5.69 Å². The van der Waals surface area contributed by atoms with Gasteiger partial charge in [0, 0.05) is 36.5 Å². The highest BCUT2D eigenvalue weighted by Gasteiger charge is 2.09. The number of benzene rings is 1. The van der Waals surface area contributed by atoms with Gasteiger partial charge in [0.25, 0.3) is 5.91 Å². The molecule has 2 rings (SSSR count). The zero-order chi connectivity index (χ0) is 15.1. The number of nitrogens with zero attached hydrogens (tertiary/aromatic N) is 1. The molecular weight excluding hydrogens is 268 g/mol. The molecule has 21 heavy (non-hydrogen) atoms. The number of ether oxygens (including phenoxy) is 2. The number of carbonyl (C=O) groups is 1. The van der Waals surface area contributed by atoms with Crippen molar-refractivity contribution < 1.29 is 14.3 Å². The maximum atomic E-state index is 12.1. The van der Waals surface area contributed by atoms with Gasteiger partial charge < -0.3 is 14.8 Å². The number of carbonyl (C=O) groups excluding carboxylic acids is 1. The molecular formula is C16H18N2O3. The summed E-state index contributed by atoms with van der Waals surface area (Å²) in [5.74, 6) is 1.01. The maximum absolute atomic E-state index is 12.1. The van der Waals surface area contributed by atoms with Crippen LogP contribution in [0.4, 0.5) is 0 Å². The molecule has 0 spiro atoms. The van der Waals surface area contributed by atoms with E-state index in [9.17, 15) is 4.79 Å². The molecule has 0 saturated heterocycles. The van der Waals surface area contributed by atoms with Gasteiger partial charge in [-0.1, -0.05) is 6.07 Å². The van der Waals surface area contributed by atoms with Crippen molar-refractivity contribution in [3.05, 3.63) is 53.9 Å². The minimum absolute atomic E-state index is 0.164. The van der Waals surface area contributed by atoms with Gasteiger partial charge in [0.2, 0.25) is 0 Å². The second-order valence-corrected chi connectivity index (χ2v) is 4.43. The summed E-state index contributed by atoms with van der Waals surface area (Å²) in [6, 6.07) is 10.8. The smallest absolute Gasteiger partial charge is 0.251 e. The third-order valence-corrected chi connectivity index (χ3v) is 3.01. The number of nitrogens with one attached hydrogen (secondary N) is 1. The number of hydrogen-bond acceptors (Lipinski definition) is 4. The lowest BCUT2D eigenvalue weighted by atomic mass is 10.2. The van der Waals surface area contributed by atoms with Gasteiger partial charge in [0.05, 0.1) is 14.2 Å². The summed E-state index contributed by atoms with van der Waals surface area (Å²) in [7, 11) is 3.11. The van der Waals surface area contributed by atoms with E-state index >= 15 is 0 Å². The summed E-state index contributed by atoms with van der Waals surface area (Å²) in [4.78, 5) is 16.3. The molecule has 5 nitrogen and oxygen atoms in total. The first-order valence-electron chi connectivity index (χ1n) is 6.64. The van der Waals surface area contributed by atoms with Gasteiger partial charge in [0.15, 0.2) is 0 Å². The van der Waals surface area contributed by atoms with Crippen LogP contribution >= 0.6 is 0 Å². The topological polar surface area (TPSA) is 60.5 Å². The van der Waals surface area contributed by atoms with E-state index in [-0.39, 0.29) is 5.91 Å². The number of amides is 1. The first-order valence-corrected chi connectivity index (χ1v) is 6.64. The van der Waals surface area contributed by atoms with Gasteiger partial charge in [-0.3, -0.25) is 9.78 Å². The molecule has 0 aliphatic heterocycles. The molecule has 1 aromatic heterocycles. The highest BCUT2D eigenvalue weighted by molar-refractivity contribution is 5.95. The third-order valence-electron chi connectivity index (χ3n) is 3.01.